The van der Waals surface area contributed by atoms with Gasteiger partial charge in [-0.15, -0.1) is 0 Å². The standard InChI is InChI=1S/C30H43N3O5S/c1-22-18-33(23(2)21-34)30(35)17-25-16-26(31-39(36,37)27-12-8-5-9-13-27)14-15-28(25)38-29(22)20-32(3)19-24-10-6-4-7-11-24/h5,8-9,12-16,22-24,29,31,34H,4,6-7,10-11,17-21H2,1-3H3/t22-,23+,29+/m0/s1. The molecule has 3 atom stereocenters. The van der Waals surface area contributed by atoms with Crippen LogP contribution in [0.5, 0.6) is 5.75 Å². The van der Waals surface area contributed by atoms with Crippen LogP contribution in [0.15, 0.2) is 53.4 Å². The van der Waals surface area contributed by atoms with Crippen LogP contribution in [-0.2, 0) is 21.2 Å². The molecular formula is C30H43N3O5S. The van der Waals surface area contributed by atoms with Crippen LogP contribution < -0.4 is 9.46 Å². The summed E-state index contributed by atoms with van der Waals surface area (Å²) >= 11 is 0. The number of benzene rings is 2. The van der Waals surface area contributed by atoms with E-state index < -0.39 is 10.0 Å². The number of sulfonamides is 1. The predicted octanol–water partition coefficient (Wildman–Crippen LogP) is 4.15. The number of aliphatic hydroxyl groups is 1. The Morgan fingerprint density at radius 1 is 1.10 bits per heavy atom. The average molecular weight is 558 g/mol. The molecule has 1 fully saturated rings. The minimum atomic E-state index is -3.78. The maximum Gasteiger partial charge on any atom is 0.261 e. The Hall–Kier alpha value is -2.62. The van der Waals surface area contributed by atoms with E-state index in [4.69, 9.17) is 4.74 Å². The molecule has 0 saturated heterocycles. The quantitative estimate of drug-likeness (QED) is 0.481. The topological polar surface area (TPSA) is 99.2 Å². The second kappa shape index (κ2) is 13.2. The lowest BCUT2D eigenvalue weighted by molar-refractivity contribution is -0.134. The summed E-state index contributed by atoms with van der Waals surface area (Å²) in [6, 6.07) is 13.0. The number of rotatable bonds is 9. The van der Waals surface area contributed by atoms with Gasteiger partial charge in [-0.05, 0) is 63.1 Å². The molecule has 1 amide bonds. The molecule has 4 rings (SSSR count). The number of ether oxygens (including phenoxy) is 1. The van der Waals surface area contributed by atoms with Crippen LogP contribution in [-0.4, -0.2) is 74.7 Å². The summed E-state index contributed by atoms with van der Waals surface area (Å²) in [4.78, 5) is 17.7. The van der Waals surface area contributed by atoms with Gasteiger partial charge < -0.3 is 19.6 Å². The summed E-state index contributed by atoms with van der Waals surface area (Å²) in [6.07, 6.45) is 6.35. The maximum atomic E-state index is 13.4. The summed E-state index contributed by atoms with van der Waals surface area (Å²) in [7, 11) is -1.64. The molecule has 8 nitrogen and oxygen atoms in total. The monoisotopic (exact) mass is 557 g/mol. The number of nitrogens with one attached hydrogen (secondary N) is 1. The molecule has 0 unspecified atom stereocenters. The Kier molecular flexibility index (Phi) is 9.91. The second-order valence-electron chi connectivity index (χ2n) is 11.4. The van der Waals surface area contributed by atoms with Gasteiger partial charge in [0.15, 0.2) is 0 Å². The van der Waals surface area contributed by atoms with Crippen molar-refractivity contribution in [1.29, 1.82) is 0 Å². The molecule has 0 spiro atoms. The van der Waals surface area contributed by atoms with E-state index in [0.717, 1.165) is 13.1 Å². The summed E-state index contributed by atoms with van der Waals surface area (Å²) < 4.78 is 35.1. The summed E-state index contributed by atoms with van der Waals surface area (Å²) in [5, 5.41) is 9.88. The largest absolute Gasteiger partial charge is 0.488 e. The molecule has 0 bridgehead atoms. The lowest BCUT2D eigenvalue weighted by Gasteiger charge is -2.35. The molecule has 2 aromatic carbocycles. The third-order valence-electron chi connectivity index (χ3n) is 8.01. The van der Waals surface area contributed by atoms with Gasteiger partial charge in [-0.3, -0.25) is 9.52 Å². The molecule has 9 heteroatoms. The van der Waals surface area contributed by atoms with E-state index in [0.29, 0.717) is 29.5 Å². The zero-order valence-electron chi connectivity index (χ0n) is 23.4. The van der Waals surface area contributed by atoms with Gasteiger partial charge >= 0.3 is 0 Å². The first-order chi connectivity index (χ1) is 18.7. The number of carbonyl (C=O) groups excluding carboxylic acids is 1. The number of fused-ring (bicyclic) bond motifs is 1. The highest BCUT2D eigenvalue weighted by molar-refractivity contribution is 7.92. The Labute approximate surface area is 233 Å². The van der Waals surface area contributed by atoms with Crippen molar-refractivity contribution in [3.05, 3.63) is 54.1 Å². The zero-order chi connectivity index (χ0) is 28.0. The van der Waals surface area contributed by atoms with Crippen LogP contribution in [0.3, 0.4) is 0 Å². The maximum absolute atomic E-state index is 13.4. The van der Waals surface area contributed by atoms with Crippen molar-refractivity contribution in [2.45, 2.75) is 69.4 Å². The van der Waals surface area contributed by atoms with Crippen molar-refractivity contribution in [2.24, 2.45) is 11.8 Å². The van der Waals surface area contributed by atoms with Gasteiger partial charge in [0.2, 0.25) is 5.91 Å². The van der Waals surface area contributed by atoms with Crippen LogP contribution in [0.25, 0.3) is 0 Å². The number of aliphatic hydroxyl groups excluding tert-OH is 1. The van der Waals surface area contributed by atoms with Gasteiger partial charge in [0.1, 0.15) is 11.9 Å². The molecule has 2 aliphatic rings. The summed E-state index contributed by atoms with van der Waals surface area (Å²) in [5.41, 5.74) is 0.992. The lowest BCUT2D eigenvalue weighted by Crippen LogP contribution is -2.48. The van der Waals surface area contributed by atoms with Crippen LogP contribution >= 0.6 is 0 Å². The molecule has 1 aliphatic carbocycles. The molecule has 0 radical (unpaired) electrons. The first-order valence-corrected chi connectivity index (χ1v) is 15.6. The van der Waals surface area contributed by atoms with Crippen molar-refractivity contribution in [3.8, 4) is 5.75 Å². The Bertz CT molecular complexity index is 1200. The molecular weight excluding hydrogens is 514 g/mol. The van der Waals surface area contributed by atoms with Gasteiger partial charge in [0.25, 0.3) is 10.0 Å². The van der Waals surface area contributed by atoms with Crippen LogP contribution in [0, 0.1) is 11.8 Å². The Morgan fingerprint density at radius 2 is 1.82 bits per heavy atom. The molecule has 2 N–H and O–H groups in total. The normalized spacial score (nSPS) is 21.9. The predicted molar refractivity (Wildman–Crippen MR) is 153 cm³/mol. The molecule has 2 aromatic rings. The molecule has 1 heterocycles. The first kappa shape index (κ1) is 29.4. The van der Waals surface area contributed by atoms with Gasteiger partial charge in [0, 0.05) is 36.8 Å². The van der Waals surface area contributed by atoms with Crippen molar-refractivity contribution < 1.29 is 23.1 Å². The Morgan fingerprint density at radius 3 is 2.51 bits per heavy atom. The van der Waals surface area contributed by atoms with Gasteiger partial charge in [-0.25, -0.2) is 8.42 Å². The molecule has 1 saturated carbocycles. The van der Waals surface area contributed by atoms with Crippen molar-refractivity contribution in [3.63, 3.8) is 0 Å². The van der Waals surface area contributed by atoms with Crippen molar-refractivity contribution in [1.82, 2.24) is 9.80 Å². The fourth-order valence-corrected chi connectivity index (χ4v) is 6.79. The van der Waals surface area contributed by atoms with E-state index >= 15 is 0 Å². The minimum absolute atomic E-state index is 0.0268. The lowest BCUT2D eigenvalue weighted by atomic mass is 9.89. The van der Waals surface area contributed by atoms with Crippen LogP contribution in [0.4, 0.5) is 5.69 Å². The van der Waals surface area contributed by atoms with Gasteiger partial charge in [-0.2, -0.15) is 0 Å². The third-order valence-corrected chi connectivity index (χ3v) is 9.41. The Balaban J connectivity index is 1.60. The smallest absolute Gasteiger partial charge is 0.261 e. The van der Waals surface area contributed by atoms with Gasteiger partial charge in [-0.1, -0.05) is 44.4 Å². The van der Waals surface area contributed by atoms with E-state index in [1.165, 1.54) is 44.2 Å². The highest BCUT2D eigenvalue weighted by atomic mass is 32.2. The number of hydrogen-bond donors (Lipinski definition) is 2. The summed E-state index contributed by atoms with van der Waals surface area (Å²) in [6.45, 7) is 6.03. The fraction of sp³-hybridized carbons (Fsp3) is 0.567. The number of carbonyl (C=O) groups is 1. The summed E-state index contributed by atoms with van der Waals surface area (Å²) in [5.74, 6) is 1.20. The van der Waals surface area contributed by atoms with Crippen LogP contribution in [0.2, 0.25) is 0 Å². The number of amides is 1. The minimum Gasteiger partial charge on any atom is -0.488 e. The zero-order valence-corrected chi connectivity index (χ0v) is 24.2. The average Bonchev–Trinajstić information content (AvgIpc) is 2.96. The van der Waals surface area contributed by atoms with Crippen molar-refractivity contribution in [2.75, 3.05) is 38.0 Å². The number of hydrogen-bond acceptors (Lipinski definition) is 6. The third kappa shape index (κ3) is 7.74. The van der Waals surface area contributed by atoms with Crippen LogP contribution in [0.1, 0.15) is 51.5 Å². The van der Waals surface area contributed by atoms with Gasteiger partial charge in [0.05, 0.1) is 24.0 Å². The molecule has 214 valence electrons. The van der Waals surface area contributed by atoms with E-state index in [9.17, 15) is 18.3 Å². The number of likely N-dealkylation sites (N-methyl/N-ethyl adjacent to an activating group) is 1. The number of anilines is 1. The fourth-order valence-electron chi connectivity index (χ4n) is 5.72. The highest BCUT2D eigenvalue weighted by Crippen LogP contribution is 2.31. The molecule has 39 heavy (non-hydrogen) atoms. The van der Waals surface area contributed by atoms with E-state index in [-0.39, 0.29) is 41.9 Å². The first-order valence-electron chi connectivity index (χ1n) is 14.1. The van der Waals surface area contributed by atoms with E-state index in [1.54, 1.807) is 41.3 Å². The molecule has 0 aromatic heterocycles. The number of nitrogens with zero attached hydrogens (tertiary/aromatic N) is 2. The van der Waals surface area contributed by atoms with Crippen molar-refractivity contribution >= 4 is 21.6 Å². The van der Waals surface area contributed by atoms with E-state index in [2.05, 4.69) is 23.6 Å². The van der Waals surface area contributed by atoms with E-state index in [1.807, 2.05) is 6.92 Å². The second-order valence-corrected chi connectivity index (χ2v) is 13.0. The molecule has 1 aliphatic heterocycles. The SMILES string of the molecule is C[C@H](CO)N1C[C@H](C)[C@@H](CN(C)CC2CCCCC2)Oc2ccc(NS(=O)(=O)c3ccccc3)cc2CC1=O. The highest BCUT2D eigenvalue weighted by Gasteiger charge is 2.31.